The van der Waals surface area contributed by atoms with Crippen LogP contribution in [0.5, 0.6) is 0 Å². The number of allylic oxidation sites excluding steroid dienone is 2. The fourth-order valence-corrected chi connectivity index (χ4v) is 2.03. The first-order valence-corrected chi connectivity index (χ1v) is 7.43. The number of hydrogen-bond acceptors (Lipinski definition) is 0. The van der Waals surface area contributed by atoms with Gasteiger partial charge in [-0.3, -0.25) is 0 Å². The van der Waals surface area contributed by atoms with E-state index in [-0.39, 0.29) is 0 Å². The van der Waals surface area contributed by atoms with E-state index >= 15 is 0 Å². The Kier molecular flexibility index (Phi) is 3.06. The van der Waals surface area contributed by atoms with E-state index in [1.54, 1.807) is 13.1 Å². The van der Waals surface area contributed by atoms with Crippen LogP contribution in [-0.2, 0) is 0 Å². The third kappa shape index (κ3) is 2.42. The zero-order chi connectivity index (χ0) is 10.8. The molecule has 0 unspecified atom stereocenters. The number of halogens is 1. The van der Waals surface area contributed by atoms with Crippen molar-refractivity contribution in [3.05, 3.63) is 54.2 Å². The van der Waals surface area contributed by atoms with Gasteiger partial charge in [0, 0.05) is 0 Å². The minimum absolute atomic E-state index is 0.573. The van der Waals surface area contributed by atoms with Gasteiger partial charge in [0.25, 0.3) is 8.41 Å². The van der Waals surface area contributed by atoms with Crippen molar-refractivity contribution in [2.45, 2.75) is 13.1 Å². The molecular weight excluding hydrogens is 191 g/mol. The maximum atomic E-state index is 13.7. The maximum absolute atomic E-state index is 13.7. The van der Waals surface area contributed by atoms with E-state index in [9.17, 15) is 4.11 Å². The second-order valence-corrected chi connectivity index (χ2v) is 7.34. The average Bonchev–Trinajstić information content (AvgIpc) is 2.15. The molecule has 1 aromatic carbocycles. The first-order valence-electron chi connectivity index (χ1n) is 4.56. The number of rotatable bonds is 3. The smallest absolute Gasteiger partial charge is 0.271 e. The Bertz CT molecular complexity index is 346. The summed E-state index contributed by atoms with van der Waals surface area (Å²) >= 11 is 0. The standard InChI is InChI=1S/C12H15FSi/c1-10(11(2)14(3,4)13)12-8-6-5-7-9-12/h5-9H,1-2H2,3-4H3. The van der Waals surface area contributed by atoms with Gasteiger partial charge in [-0.05, 0) is 29.4 Å². The molecule has 0 atom stereocenters. The molecule has 1 aromatic rings. The van der Waals surface area contributed by atoms with Crippen LogP contribution in [0.25, 0.3) is 5.57 Å². The lowest BCUT2D eigenvalue weighted by Gasteiger charge is -2.17. The van der Waals surface area contributed by atoms with Crippen molar-refractivity contribution in [1.82, 2.24) is 0 Å². The average molecular weight is 206 g/mol. The van der Waals surface area contributed by atoms with E-state index in [2.05, 4.69) is 13.2 Å². The van der Waals surface area contributed by atoms with Gasteiger partial charge in [0.05, 0.1) is 0 Å². The van der Waals surface area contributed by atoms with Gasteiger partial charge in [-0.1, -0.05) is 43.5 Å². The highest BCUT2D eigenvalue weighted by molar-refractivity contribution is 6.80. The van der Waals surface area contributed by atoms with Gasteiger partial charge in [-0.15, -0.1) is 0 Å². The molecular formula is C12H15FSi. The second kappa shape index (κ2) is 3.92. The Morgan fingerprint density at radius 3 is 2.07 bits per heavy atom. The number of hydrogen-bond donors (Lipinski definition) is 0. The molecule has 14 heavy (non-hydrogen) atoms. The van der Waals surface area contributed by atoms with Gasteiger partial charge >= 0.3 is 0 Å². The van der Waals surface area contributed by atoms with Crippen molar-refractivity contribution < 1.29 is 4.11 Å². The third-order valence-electron chi connectivity index (χ3n) is 2.20. The first kappa shape index (κ1) is 10.9. The molecule has 0 aromatic heterocycles. The molecule has 0 aliphatic carbocycles. The summed E-state index contributed by atoms with van der Waals surface area (Å²) < 4.78 is 13.7. The zero-order valence-corrected chi connectivity index (χ0v) is 9.68. The van der Waals surface area contributed by atoms with Gasteiger partial charge in [-0.2, -0.15) is 0 Å². The molecule has 0 N–H and O–H groups in total. The highest BCUT2D eigenvalue weighted by atomic mass is 28.4. The normalized spacial score (nSPS) is 11.1. The van der Waals surface area contributed by atoms with Gasteiger partial charge in [-0.25, -0.2) is 0 Å². The van der Waals surface area contributed by atoms with Crippen LogP contribution in [0.1, 0.15) is 5.56 Å². The van der Waals surface area contributed by atoms with E-state index in [0.29, 0.717) is 5.20 Å². The minimum Gasteiger partial charge on any atom is -0.308 e. The van der Waals surface area contributed by atoms with Crippen LogP contribution in [0, 0.1) is 0 Å². The molecule has 0 saturated carbocycles. The molecule has 0 fully saturated rings. The van der Waals surface area contributed by atoms with Crippen LogP contribution in [0.15, 0.2) is 48.7 Å². The van der Waals surface area contributed by atoms with Crippen LogP contribution in [0.2, 0.25) is 13.1 Å². The second-order valence-electron chi connectivity index (χ2n) is 3.80. The molecule has 0 bridgehead atoms. The van der Waals surface area contributed by atoms with Crippen LogP contribution >= 0.6 is 0 Å². The topological polar surface area (TPSA) is 0 Å². The van der Waals surface area contributed by atoms with E-state index in [4.69, 9.17) is 0 Å². The molecule has 0 amide bonds. The highest BCUT2D eigenvalue weighted by Crippen LogP contribution is 2.27. The summed E-state index contributed by atoms with van der Waals surface area (Å²) in [5.74, 6) is 0. The third-order valence-corrected chi connectivity index (χ3v) is 3.94. The van der Waals surface area contributed by atoms with Gasteiger partial charge in [0.2, 0.25) is 0 Å². The molecule has 0 aliphatic rings. The largest absolute Gasteiger partial charge is 0.308 e. The van der Waals surface area contributed by atoms with Crippen molar-refractivity contribution in [2.24, 2.45) is 0 Å². The van der Waals surface area contributed by atoms with Crippen molar-refractivity contribution in [1.29, 1.82) is 0 Å². The van der Waals surface area contributed by atoms with E-state index in [0.717, 1.165) is 11.1 Å². The molecule has 0 radical (unpaired) electrons. The van der Waals surface area contributed by atoms with Crippen LogP contribution in [-0.4, -0.2) is 8.41 Å². The lowest BCUT2D eigenvalue weighted by molar-refractivity contribution is 0.816. The lowest BCUT2D eigenvalue weighted by Crippen LogP contribution is -2.22. The molecule has 2 heteroatoms. The van der Waals surface area contributed by atoms with Gasteiger partial charge < -0.3 is 4.11 Å². The summed E-state index contributed by atoms with van der Waals surface area (Å²) in [6.45, 7) is 10.9. The Hall–Kier alpha value is -1.15. The van der Waals surface area contributed by atoms with Gasteiger partial charge in [0.15, 0.2) is 0 Å². The molecule has 74 valence electrons. The van der Waals surface area contributed by atoms with Crippen LogP contribution in [0.3, 0.4) is 0 Å². The Morgan fingerprint density at radius 2 is 1.64 bits per heavy atom. The molecule has 1 rings (SSSR count). The predicted octanol–water partition coefficient (Wildman–Crippen LogP) is 3.97. The Balaban J connectivity index is 2.93. The molecule has 0 spiro atoms. The lowest BCUT2D eigenvalue weighted by atomic mass is 10.1. The van der Waals surface area contributed by atoms with Crippen molar-refractivity contribution in [3.63, 3.8) is 0 Å². The summed E-state index contributed by atoms with van der Waals surface area (Å²) in [7, 11) is -2.80. The van der Waals surface area contributed by atoms with E-state index in [1.165, 1.54) is 0 Å². The SMILES string of the molecule is C=C(C(=C)[Si](C)(C)F)c1ccccc1. The molecule has 0 saturated heterocycles. The molecule has 0 heterocycles. The van der Waals surface area contributed by atoms with Crippen molar-refractivity contribution >= 4 is 14.0 Å². The Labute approximate surface area is 86.0 Å². The van der Waals surface area contributed by atoms with E-state index < -0.39 is 8.41 Å². The highest BCUT2D eigenvalue weighted by Gasteiger charge is 2.26. The van der Waals surface area contributed by atoms with Crippen molar-refractivity contribution in [2.75, 3.05) is 0 Å². The zero-order valence-electron chi connectivity index (χ0n) is 8.68. The minimum atomic E-state index is -2.80. The van der Waals surface area contributed by atoms with Crippen LogP contribution in [0.4, 0.5) is 4.11 Å². The fraction of sp³-hybridized carbons (Fsp3) is 0.167. The van der Waals surface area contributed by atoms with Gasteiger partial charge in [0.1, 0.15) is 0 Å². The van der Waals surface area contributed by atoms with E-state index in [1.807, 2.05) is 30.3 Å². The summed E-state index contributed by atoms with van der Waals surface area (Å²) in [4.78, 5) is 0. The van der Waals surface area contributed by atoms with Crippen LogP contribution < -0.4 is 0 Å². The summed E-state index contributed by atoms with van der Waals surface area (Å²) in [5, 5.41) is 0.573. The summed E-state index contributed by atoms with van der Waals surface area (Å²) in [6.07, 6.45) is 0. The maximum Gasteiger partial charge on any atom is 0.271 e. The fourth-order valence-electron chi connectivity index (χ4n) is 1.17. The summed E-state index contributed by atoms with van der Waals surface area (Å²) in [6, 6.07) is 9.61. The molecule has 0 nitrogen and oxygen atoms in total. The molecule has 0 aliphatic heterocycles. The predicted molar refractivity (Wildman–Crippen MR) is 63.2 cm³/mol. The summed E-state index contributed by atoms with van der Waals surface area (Å²) in [5.41, 5.74) is 1.68. The number of benzene rings is 1. The quantitative estimate of drug-likeness (QED) is 0.399. The monoisotopic (exact) mass is 206 g/mol. The first-order chi connectivity index (χ1) is 6.43. The van der Waals surface area contributed by atoms with Crippen molar-refractivity contribution in [3.8, 4) is 0 Å². The Morgan fingerprint density at radius 1 is 1.14 bits per heavy atom.